The first kappa shape index (κ1) is 30.1. The molecule has 41 heavy (non-hydrogen) atoms. The molecule has 6 atom stereocenters. The molecule has 0 bridgehead atoms. The monoisotopic (exact) mass is 591 g/mol. The molecule has 3 aromatic rings. The number of amides is 1. The summed E-state index contributed by atoms with van der Waals surface area (Å²) >= 11 is 1.42. The topological polar surface area (TPSA) is 205 Å². The zero-order valence-corrected chi connectivity index (χ0v) is 22.7. The van der Waals surface area contributed by atoms with Crippen LogP contribution in [0.4, 0.5) is 0 Å². The molecule has 13 nitrogen and oxygen atoms in total. The summed E-state index contributed by atoms with van der Waals surface area (Å²) in [6.45, 7) is 0. The second-order valence-corrected chi connectivity index (χ2v) is 10.2. The molecule has 0 spiro atoms. The summed E-state index contributed by atoms with van der Waals surface area (Å²) in [5, 5.41) is 54.6. The van der Waals surface area contributed by atoms with E-state index in [9.17, 15) is 39.9 Å². The van der Waals surface area contributed by atoms with Crippen molar-refractivity contribution >= 4 is 34.6 Å². The van der Waals surface area contributed by atoms with Crippen molar-refractivity contribution in [2.45, 2.75) is 43.2 Å². The number of aliphatic hydroxyl groups excluding tert-OH is 3. The summed E-state index contributed by atoms with van der Waals surface area (Å²) in [6, 6.07) is 9.74. The van der Waals surface area contributed by atoms with Crippen molar-refractivity contribution in [1.82, 2.24) is 5.32 Å². The number of aliphatic hydroxyl groups is 3. The van der Waals surface area contributed by atoms with Gasteiger partial charge in [0.05, 0.1) is 7.11 Å². The molecule has 1 aliphatic rings. The first-order valence-corrected chi connectivity index (χ1v) is 13.8. The molecule has 1 fully saturated rings. The number of rotatable bonds is 9. The lowest BCUT2D eigenvalue weighted by Gasteiger charge is -2.39. The number of ether oxygens (including phenoxy) is 3. The van der Waals surface area contributed by atoms with Gasteiger partial charge < -0.3 is 49.5 Å². The van der Waals surface area contributed by atoms with Crippen LogP contribution in [0.15, 0.2) is 51.7 Å². The molecule has 4 rings (SSSR count). The van der Waals surface area contributed by atoms with Crippen molar-refractivity contribution < 1.29 is 53.7 Å². The van der Waals surface area contributed by atoms with Crippen molar-refractivity contribution in [3.8, 4) is 28.6 Å². The Kier molecular flexibility index (Phi) is 9.40. The van der Waals surface area contributed by atoms with Gasteiger partial charge in [-0.2, -0.15) is 11.8 Å². The van der Waals surface area contributed by atoms with E-state index in [0.717, 1.165) is 19.2 Å². The number of nitrogens with one attached hydrogen (secondary N) is 1. The Bertz CT molecular complexity index is 1460. The van der Waals surface area contributed by atoms with Crippen molar-refractivity contribution in [3.63, 3.8) is 0 Å². The van der Waals surface area contributed by atoms with Crippen LogP contribution >= 0.6 is 11.8 Å². The van der Waals surface area contributed by atoms with E-state index in [0.29, 0.717) is 11.3 Å². The number of thioether (sulfide) groups is 1. The van der Waals surface area contributed by atoms with Crippen LogP contribution in [0.5, 0.6) is 17.2 Å². The van der Waals surface area contributed by atoms with E-state index in [1.807, 2.05) is 0 Å². The van der Waals surface area contributed by atoms with Crippen LogP contribution in [0.2, 0.25) is 0 Å². The fourth-order valence-corrected chi connectivity index (χ4v) is 4.74. The van der Waals surface area contributed by atoms with E-state index in [-0.39, 0.29) is 23.2 Å². The van der Waals surface area contributed by atoms with Crippen molar-refractivity contribution in [2.75, 3.05) is 19.1 Å². The first-order chi connectivity index (χ1) is 19.6. The number of esters is 1. The van der Waals surface area contributed by atoms with Crippen molar-refractivity contribution in [2.24, 2.45) is 0 Å². The maximum atomic E-state index is 13.0. The van der Waals surface area contributed by atoms with Gasteiger partial charge in [0, 0.05) is 17.7 Å². The maximum absolute atomic E-state index is 13.0. The molecule has 0 radical (unpaired) electrons. The molecule has 0 aliphatic carbocycles. The van der Waals surface area contributed by atoms with Gasteiger partial charge in [0.1, 0.15) is 41.1 Å². The van der Waals surface area contributed by atoms with E-state index >= 15 is 0 Å². The average molecular weight is 592 g/mol. The van der Waals surface area contributed by atoms with Crippen LogP contribution in [-0.2, 0) is 19.1 Å². The van der Waals surface area contributed by atoms with Gasteiger partial charge in [-0.3, -0.25) is 9.59 Å². The highest BCUT2D eigenvalue weighted by Crippen LogP contribution is 2.42. The summed E-state index contributed by atoms with van der Waals surface area (Å²) in [5.41, 5.74) is -0.284. The predicted octanol–water partition coefficient (Wildman–Crippen LogP) is 0.468. The largest absolute Gasteiger partial charge is 0.504 e. The van der Waals surface area contributed by atoms with E-state index < -0.39 is 71.3 Å². The number of fused-ring (bicyclic) bond motifs is 1. The van der Waals surface area contributed by atoms with Crippen LogP contribution < -0.4 is 15.5 Å². The van der Waals surface area contributed by atoms with Gasteiger partial charge in [0.15, 0.2) is 23.0 Å². The first-order valence-electron chi connectivity index (χ1n) is 12.4. The molecule has 0 saturated carbocycles. The molecule has 1 saturated heterocycles. The van der Waals surface area contributed by atoms with Gasteiger partial charge in [0.25, 0.3) is 5.91 Å². The van der Waals surface area contributed by atoms with Gasteiger partial charge in [-0.15, -0.1) is 0 Å². The van der Waals surface area contributed by atoms with Crippen LogP contribution in [0.3, 0.4) is 0 Å². The van der Waals surface area contributed by atoms with Crippen LogP contribution in [0, 0.1) is 0 Å². The lowest BCUT2D eigenvalue weighted by Crippen LogP contribution is -2.63. The minimum Gasteiger partial charge on any atom is -0.504 e. The molecule has 1 amide bonds. The van der Waals surface area contributed by atoms with E-state index in [1.165, 1.54) is 11.8 Å². The Morgan fingerprint density at radius 3 is 2.41 bits per heavy atom. The second kappa shape index (κ2) is 12.8. The third-order valence-electron chi connectivity index (χ3n) is 6.47. The Hall–Kier alpha value is -3.82. The molecule has 1 aliphatic heterocycles. The summed E-state index contributed by atoms with van der Waals surface area (Å²) in [5.74, 6) is -3.39. The highest BCUT2D eigenvalue weighted by atomic mass is 32.2. The fraction of sp³-hybridized carbons (Fsp3) is 0.370. The molecule has 220 valence electrons. The molecule has 0 unspecified atom stereocenters. The minimum absolute atomic E-state index is 0.157. The minimum atomic E-state index is -1.95. The summed E-state index contributed by atoms with van der Waals surface area (Å²) in [6.07, 6.45) is -7.48. The lowest BCUT2D eigenvalue weighted by molar-refractivity contribution is -0.267. The Balaban J connectivity index is 1.63. The summed E-state index contributed by atoms with van der Waals surface area (Å²) in [4.78, 5) is 37.8. The summed E-state index contributed by atoms with van der Waals surface area (Å²) in [7, 11) is 1.15. The second-order valence-electron chi connectivity index (χ2n) is 9.17. The smallest absolute Gasteiger partial charge is 0.328 e. The normalized spacial score (nSPS) is 23.1. The molecule has 1 aromatic heterocycles. The highest BCUT2D eigenvalue weighted by molar-refractivity contribution is 7.98. The van der Waals surface area contributed by atoms with Crippen LogP contribution in [-0.4, -0.2) is 93.3 Å². The Morgan fingerprint density at radius 1 is 1.05 bits per heavy atom. The van der Waals surface area contributed by atoms with Gasteiger partial charge in [-0.05, 0) is 18.4 Å². The van der Waals surface area contributed by atoms with Gasteiger partial charge in [-0.1, -0.05) is 30.3 Å². The third-order valence-corrected chi connectivity index (χ3v) is 7.12. The van der Waals surface area contributed by atoms with E-state index in [4.69, 9.17) is 18.6 Å². The number of methoxy groups -OCH3 is 1. The van der Waals surface area contributed by atoms with Gasteiger partial charge in [0.2, 0.25) is 12.0 Å². The number of phenols is 2. The number of aromatic hydroxyl groups is 2. The van der Waals surface area contributed by atoms with E-state index in [1.54, 1.807) is 36.6 Å². The molecular weight excluding hydrogens is 562 g/mol. The zero-order chi connectivity index (χ0) is 29.8. The van der Waals surface area contributed by atoms with Gasteiger partial charge in [-0.25, -0.2) is 4.79 Å². The van der Waals surface area contributed by atoms with Crippen LogP contribution in [0.1, 0.15) is 6.42 Å². The van der Waals surface area contributed by atoms with Gasteiger partial charge >= 0.3 is 5.97 Å². The van der Waals surface area contributed by atoms with Crippen LogP contribution in [0.25, 0.3) is 22.3 Å². The number of phenolic OH excluding ortho intramolecular Hbond substituents is 2. The third kappa shape index (κ3) is 6.26. The average Bonchev–Trinajstić information content (AvgIpc) is 2.97. The Morgan fingerprint density at radius 2 is 1.76 bits per heavy atom. The molecule has 2 heterocycles. The van der Waals surface area contributed by atoms with E-state index in [2.05, 4.69) is 5.32 Å². The number of hydrogen-bond donors (Lipinski definition) is 6. The predicted molar refractivity (Wildman–Crippen MR) is 146 cm³/mol. The molecular formula is C27H29NO12S. The maximum Gasteiger partial charge on any atom is 0.328 e. The standard InChI is InChI=1S/C27H29NO12S/c1-37-26(36)13(8-9-41-2)28-25(35)24-22(33)21(32)23(34)27(40-24)39-17-11-16-18(20(31)19(17)30)14(29)10-15(38-16)12-6-4-3-5-7-12/h3-7,10-11,13,21-24,27,30-34H,8-9H2,1-2H3,(H,28,35)/t13-,21+,22-,23+,24+,27+/m0/s1. The highest BCUT2D eigenvalue weighted by Gasteiger charge is 2.48. The number of benzene rings is 2. The zero-order valence-electron chi connectivity index (χ0n) is 21.9. The number of carbonyl (C=O) groups excluding carboxylic acids is 2. The lowest BCUT2D eigenvalue weighted by atomic mass is 9.98. The Labute approximate surface area is 237 Å². The molecule has 6 N–H and O–H groups in total. The number of carbonyl (C=O) groups is 2. The fourth-order valence-electron chi connectivity index (χ4n) is 4.27. The van der Waals surface area contributed by atoms with Crippen molar-refractivity contribution in [1.29, 1.82) is 0 Å². The molecule has 14 heteroatoms. The van der Waals surface area contributed by atoms with Crippen molar-refractivity contribution in [3.05, 3.63) is 52.7 Å². The SMILES string of the molecule is COC(=O)[C@H](CCSC)NC(=O)[C@@H]1O[C@@H](Oc2cc3oc(-c4ccccc4)cc(=O)c3c(O)c2O)[C@H](O)[C@H](O)[C@@H]1O. The molecule has 2 aromatic carbocycles. The summed E-state index contributed by atoms with van der Waals surface area (Å²) < 4.78 is 21.5. The quantitative estimate of drug-likeness (QED) is 0.148. The number of hydrogen-bond acceptors (Lipinski definition) is 13.